The Morgan fingerprint density at radius 3 is 2.75 bits per heavy atom. The van der Waals surface area contributed by atoms with Gasteiger partial charge in [-0.2, -0.15) is 10.2 Å². The number of aryl methyl sites for hydroxylation is 2. The molecule has 4 rings (SSSR count). The van der Waals surface area contributed by atoms with Crippen LogP contribution in [0.2, 0.25) is 0 Å². The molecule has 0 aromatic carbocycles. The van der Waals surface area contributed by atoms with Crippen molar-refractivity contribution in [3.63, 3.8) is 0 Å². The van der Waals surface area contributed by atoms with Gasteiger partial charge in [-0.05, 0) is 38.8 Å². The highest BCUT2D eigenvalue weighted by Gasteiger charge is 2.44. The van der Waals surface area contributed by atoms with Crippen molar-refractivity contribution in [2.45, 2.75) is 39.3 Å². The minimum absolute atomic E-state index is 0.0412. The maximum atomic E-state index is 12.3. The molecule has 2 aliphatic rings. The lowest BCUT2D eigenvalue weighted by Crippen LogP contribution is -2.55. The third-order valence-electron chi connectivity index (χ3n) is 5.17. The summed E-state index contributed by atoms with van der Waals surface area (Å²) in [6.07, 6.45) is 6.09. The fourth-order valence-electron chi connectivity index (χ4n) is 3.47. The van der Waals surface area contributed by atoms with Crippen LogP contribution in [-0.2, 0) is 6.54 Å². The Morgan fingerprint density at radius 2 is 2.17 bits per heavy atom. The number of amides is 2. The summed E-state index contributed by atoms with van der Waals surface area (Å²) in [7, 11) is 0. The number of urea groups is 1. The van der Waals surface area contributed by atoms with Gasteiger partial charge < -0.3 is 10.2 Å². The van der Waals surface area contributed by atoms with Gasteiger partial charge in [0, 0.05) is 49.7 Å². The molecule has 0 unspecified atom stereocenters. The van der Waals surface area contributed by atoms with Crippen LogP contribution in [0.3, 0.4) is 0 Å². The summed E-state index contributed by atoms with van der Waals surface area (Å²) >= 11 is 0. The Kier molecular flexibility index (Phi) is 3.58. The Hall–Kier alpha value is -2.31. The molecular formula is C17H24N6O. The molecule has 2 aromatic heterocycles. The first-order chi connectivity index (χ1) is 11.5. The summed E-state index contributed by atoms with van der Waals surface area (Å²) in [5, 5.41) is 11.9. The normalized spacial score (nSPS) is 19.2. The van der Waals surface area contributed by atoms with Crippen molar-refractivity contribution < 1.29 is 4.79 Å². The fraction of sp³-hybridized carbons (Fsp3) is 0.588. The van der Waals surface area contributed by atoms with Gasteiger partial charge in [0.1, 0.15) is 0 Å². The van der Waals surface area contributed by atoms with E-state index in [1.165, 1.54) is 0 Å². The van der Waals surface area contributed by atoms with Crippen molar-refractivity contribution in [3.8, 4) is 0 Å². The fourth-order valence-corrected chi connectivity index (χ4v) is 3.47. The van der Waals surface area contributed by atoms with Crippen LogP contribution in [0.1, 0.15) is 30.3 Å². The molecule has 0 spiro atoms. The van der Waals surface area contributed by atoms with Gasteiger partial charge in [0.25, 0.3) is 0 Å². The van der Waals surface area contributed by atoms with Crippen molar-refractivity contribution in [3.05, 3.63) is 35.9 Å². The molecule has 24 heavy (non-hydrogen) atoms. The van der Waals surface area contributed by atoms with Crippen molar-refractivity contribution in [1.29, 1.82) is 0 Å². The van der Waals surface area contributed by atoms with Crippen LogP contribution in [-0.4, -0.2) is 50.1 Å². The van der Waals surface area contributed by atoms with Crippen LogP contribution in [0.25, 0.3) is 0 Å². The second-order valence-electron chi connectivity index (χ2n) is 7.29. The molecule has 1 N–H and O–H groups in total. The summed E-state index contributed by atoms with van der Waals surface area (Å²) in [5.74, 6) is 0. The standard InChI is InChI=1S/C17H24N6O/c1-13-8-14(2)23(20-13)15-9-21(10-15)16(24)18-11-17(4-5-17)12-22-7-3-6-19-22/h3,6-8,15H,4-5,9-12H2,1-2H3,(H,18,24). The number of carbonyl (C=O) groups is 1. The first-order valence-electron chi connectivity index (χ1n) is 8.58. The molecule has 3 heterocycles. The minimum Gasteiger partial charge on any atom is -0.337 e. The van der Waals surface area contributed by atoms with E-state index in [2.05, 4.69) is 28.5 Å². The van der Waals surface area contributed by atoms with Crippen LogP contribution in [0, 0.1) is 19.3 Å². The summed E-state index contributed by atoms with van der Waals surface area (Å²) in [6, 6.07) is 4.37. The van der Waals surface area contributed by atoms with E-state index in [9.17, 15) is 4.79 Å². The molecule has 1 aliphatic carbocycles. The van der Waals surface area contributed by atoms with Crippen molar-refractivity contribution in [1.82, 2.24) is 29.8 Å². The molecule has 1 saturated carbocycles. The number of hydrogen-bond donors (Lipinski definition) is 1. The highest BCUT2D eigenvalue weighted by Crippen LogP contribution is 2.46. The van der Waals surface area contributed by atoms with Crippen molar-refractivity contribution in [2.75, 3.05) is 19.6 Å². The van der Waals surface area contributed by atoms with E-state index in [0.717, 1.165) is 50.4 Å². The molecule has 7 heteroatoms. The van der Waals surface area contributed by atoms with Gasteiger partial charge in [-0.15, -0.1) is 0 Å². The number of carbonyl (C=O) groups excluding carboxylic acids is 1. The van der Waals surface area contributed by atoms with Crippen LogP contribution < -0.4 is 5.32 Å². The number of aromatic nitrogens is 4. The number of rotatable bonds is 5. The Labute approximate surface area is 141 Å². The molecular weight excluding hydrogens is 304 g/mol. The molecule has 128 valence electrons. The summed E-state index contributed by atoms with van der Waals surface area (Å²) in [4.78, 5) is 14.2. The molecule has 2 amide bonds. The summed E-state index contributed by atoms with van der Waals surface area (Å²) in [6.45, 7) is 7.15. The third kappa shape index (κ3) is 2.90. The van der Waals surface area contributed by atoms with E-state index < -0.39 is 0 Å². The van der Waals surface area contributed by atoms with Gasteiger partial charge in [-0.3, -0.25) is 9.36 Å². The third-order valence-corrected chi connectivity index (χ3v) is 5.17. The zero-order valence-electron chi connectivity index (χ0n) is 14.3. The van der Waals surface area contributed by atoms with Gasteiger partial charge in [0.15, 0.2) is 0 Å². The maximum Gasteiger partial charge on any atom is 0.317 e. The molecule has 1 saturated heterocycles. The lowest BCUT2D eigenvalue weighted by atomic mass is 10.1. The smallest absolute Gasteiger partial charge is 0.317 e. The molecule has 0 radical (unpaired) electrons. The largest absolute Gasteiger partial charge is 0.337 e. The molecule has 0 atom stereocenters. The van der Waals surface area contributed by atoms with Crippen LogP contribution >= 0.6 is 0 Å². The molecule has 1 aliphatic heterocycles. The van der Waals surface area contributed by atoms with E-state index in [1.54, 1.807) is 6.20 Å². The molecule has 2 fully saturated rings. The predicted octanol–water partition coefficient (Wildman–Crippen LogP) is 1.74. The SMILES string of the molecule is Cc1cc(C)n(C2CN(C(=O)NCC3(Cn4cccn4)CC3)C2)n1. The minimum atomic E-state index is 0.0412. The van der Waals surface area contributed by atoms with Crippen LogP contribution in [0.5, 0.6) is 0 Å². The van der Waals surface area contributed by atoms with E-state index in [-0.39, 0.29) is 11.4 Å². The highest BCUT2D eigenvalue weighted by atomic mass is 16.2. The lowest BCUT2D eigenvalue weighted by molar-refractivity contribution is 0.115. The van der Waals surface area contributed by atoms with Crippen LogP contribution in [0.15, 0.2) is 24.5 Å². The number of likely N-dealkylation sites (tertiary alicyclic amines) is 1. The van der Waals surface area contributed by atoms with Crippen molar-refractivity contribution >= 4 is 6.03 Å². The summed E-state index contributed by atoms with van der Waals surface area (Å²) in [5.41, 5.74) is 2.39. The van der Waals surface area contributed by atoms with Gasteiger partial charge in [-0.25, -0.2) is 4.79 Å². The van der Waals surface area contributed by atoms with E-state index in [1.807, 2.05) is 33.5 Å². The van der Waals surface area contributed by atoms with Crippen LogP contribution in [0.4, 0.5) is 4.79 Å². The Balaban J connectivity index is 1.25. The van der Waals surface area contributed by atoms with Gasteiger partial charge in [0.05, 0.1) is 11.7 Å². The average Bonchev–Trinajstić information content (AvgIpc) is 2.89. The average molecular weight is 328 g/mol. The quantitative estimate of drug-likeness (QED) is 0.909. The maximum absolute atomic E-state index is 12.3. The number of nitrogens with one attached hydrogen (secondary N) is 1. The monoisotopic (exact) mass is 328 g/mol. The molecule has 7 nitrogen and oxygen atoms in total. The lowest BCUT2D eigenvalue weighted by Gasteiger charge is -2.39. The van der Waals surface area contributed by atoms with Gasteiger partial charge >= 0.3 is 6.03 Å². The molecule has 2 aromatic rings. The molecule has 0 bridgehead atoms. The number of hydrogen-bond acceptors (Lipinski definition) is 3. The predicted molar refractivity (Wildman–Crippen MR) is 89.6 cm³/mol. The van der Waals surface area contributed by atoms with E-state index >= 15 is 0 Å². The van der Waals surface area contributed by atoms with Crippen molar-refractivity contribution in [2.24, 2.45) is 5.41 Å². The topological polar surface area (TPSA) is 68.0 Å². The van der Waals surface area contributed by atoms with E-state index in [0.29, 0.717) is 6.04 Å². The van der Waals surface area contributed by atoms with Gasteiger partial charge in [-0.1, -0.05) is 0 Å². The zero-order valence-corrected chi connectivity index (χ0v) is 14.3. The highest BCUT2D eigenvalue weighted by molar-refractivity contribution is 5.75. The second kappa shape index (κ2) is 5.65. The zero-order chi connectivity index (χ0) is 16.7. The Bertz CT molecular complexity index is 724. The second-order valence-corrected chi connectivity index (χ2v) is 7.29. The number of nitrogens with zero attached hydrogens (tertiary/aromatic N) is 5. The van der Waals surface area contributed by atoms with Gasteiger partial charge in [0.2, 0.25) is 0 Å². The summed E-state index contributed by atoms with van der Waals surface area (Å²) < 4.78 is 4.00. The Morgan fingerprint density at radius 1 is 1.38 bits per heavy atom. The first-order valence-corrected chi connectivity index (χ1v) is 8.58. The van der Waals surface area contributed by atoms with E-state index in [4.69, 9.17) is 0 Å². The first kappa shape index (κ1) is 15.2.